The fourth-order valence-electron chi connectivity index (χ4n) is 3.73. The van der Waals surface area contributed by atoms with Crippen molar-refractivity contribution in [2.45, 2.75) is 45.1 Å². The van der Waals surface area contributed by atoms with E-state index < -0.39 is 0 Å². The van der Waals surface area contributed by atoms with E-state index >= 15 is 0 Å². The molecule has 7 heteroatoms. The standard InChI is InChI=1S/C23H29N3O3.ClH/c1-2-29-21-10-4-3-8-19(21)23(28)25-14-6-11-22(27)26-20-9-5-7-16-15-17(24)12-13-18(16)20;/h3-4,8,10,12-13,15,20H,2,5-7,9,11,14,24H2,1H3,(H,25,28)(H,26,27);1H. The molecular formula is C23H30ClN3O3. The van der Waals surface area contributed by atoms with Gasteiger partial charge in [-0.05, 0) is 68.0 Å². The minimum absolute atomic E-state index is 0. The van der Waals surface area contributed by atoms with Crippen molar-refractivity contribution in [3.8, 4) is 5.75 Å². The minimum Gasteiger partial charge on any atom is -0.493 e. The van der Waals surface area contributed by atoms with E-state index in [1.807, 2.05) is 31.2 Å². The van der Waals surface area contributed by atoms with Gasteiger partial charge in [-0.2, -0.15) is 0 Å². The number of hydrogen-bond acceptors (Lipinski definition) is 4. The largest absolute Gasteiger partial charge is 0.493 e. The van der Waals surface area contributed by atoms with Gasteiger partial charge in [0.15, 0.2) is 0 Å². The van der Waals surface area contributed by atoms with Crippen molar-refractivity contribution in [2.75, 3.05) is 18.9 Å². The summed E-state index contributed by atoms with van der Waals surface area (Å²) in [4.78, 5) is 24.7. The van der Waals surface area contributed by atoms with Gasteiger partial charge in [0.25, 0.3) is 5.91 Å². The van der Waals surface area contributed by atoms with Crippen LogP contribution in [-0.4, -0.2) is 25.0 Å². The maximum atomic E-state index is 12.4. The number of amides is 2. The highest BCUT2D eigenvalue weighted by Gasteiger charge is 2.21. The molecule has 0 saturated carbocycles. The van der Waals surface area contributed by atoms with Crippen LogP contribution in [0.3, 0.4) is 0 Å². The zero-order valence-electron chi connectivity index (χ0n) is 17.3. The van der Waals surface area contributed by atoms with E-state index in [0.29, 0.717) is 37.3 Å². The zero-order chi connectivity index (χ0) is 20.6. The Hall–Kier alpha value is -2.73. The van der Waals surface area contributed by atoms with Gasteiger partial charge >= 0.3 is 0 Å². The maximum Gasteiger partial charge on any atom is 0.255 e. The Kier molecular flexibility index (Phi) is 8.99. The van der Waals surface area contributed by atoms with Gasteiger partial charge in [-0.3, -0.25) is 9.59 Å². The van der Waals surface area contributed by atoms with Crippen molar-refractivity contribution in [3.05, 3.63) is 59.2 Å². The van der Waals surface area contributed by atoms with Crippen LogP contribution >= 0.6 is 12.4 Å². The van der Waals surface area contributed by atoms with Crippen LogP contribution in [0.25, 0.3) is 0 Å². The molecule has 0 bridgehead atoms. The molecule has 0 aliphatic heterocycles. The third-order valence-corrected chi connectivity index (χ3v) is 5.11. The number of carbonyl (C=O) groups is 2. The lowest BCUT2D eigenvalue weighted by molar-refractivity contribution is -0.122. The molecule has 1 aliphatic carbocycles. The van der Waals surface area contributed by atoms with Gasteiger partial charge in [0.2, 0.25) is 5.91 Å². The summed E-state index contributed by atoms with van der Waals surface area (Å²) in [6, 6.07) is 13.1. The lowest BCUT2D eigenvalue weighted by atomic mass is 9.87. The molecule has 0 spiro atoms. The second kappa shape index (κ2) is 11.5. The fourth-order valence-corrected chi connectivity index (χ4v) is 3.73. The van der Waals surface area contributed by atoms with E-state index in [1.54, 1.807) is 18.2 Å². The number of para-hydroxylation sites is 1. The molecule has 2 amide bonds. The number of hydrogen-bond donors (Lipinski definition) is 3. The Balaban J connectivity index is 0.00000320. The van der Waals surface area contributed by atoms with Gasteiger partial charge in [-0.15, -0.1) is 12.4 Å². The van der Waals surface area contributed by atoms with Crippen LogP contribution in [0.5, 0.6) is 5.75 Å². The molecule has 1 atom stereocenters. The number of fused-ring (bicyclic) bond motifs is 1. The molecule has 0 heterocycles. The molecule has 0 fully saturated rings. The Labute approximate surface area is 184 Å². The van der Waals surface area contributed by atoms with E-state index in [-0.39, 0.29) is 30.3 Å². The van der Waals surface area contributed by atoms with E-state index in [9.17, 15) is 9.59 Å². The van der Waals surface area contributed by atoms with Crippen LogP contribution in [0.15, 0.2) is 42.5 Å². The summed E-state index contributed by atoms with van der Waals surface area (Å²) in [6.07, 6.45) is 3.93. The molecule has 2 aromatic rings. The molecule has 0 saturated heterocycles. The molecule has 4 N–H and O–H groups in total. The number of aryl methyl sites for hydroxylation is 1. The molecule has 3 rings (SSSR count). The van der Waals surface area contributed by atoms with Crippen LogP contribution in [0, 0.1) is 0 Å². The van der Waals surface area contributed by atoms with Gasteiger partial charge in [0.1, 0.15) is 5.75 Å². The second-order valence-corrected chi connectivity index (χ2v) is 7.26. The highest BCUT2D eigenvalue weighted by molar-refractivity contribution is 5.96. The summed E-state index contributed by atoms with van der Waals surface area (Å²) in [6.45, 7) is 2.82. The number of carbonyl (C=O) groups excluding carboxylic acids is 2. The summed E-state index contributed by atoms with van der Waals surface area (Å²) in [5.74, 6) is 0.388. The smallest absolute Gasteiger partial charge is 0.255 e. The molecule has 162 valence electrons. The van der Waals surface area contributed by atoms with E-state index in [4.69, 9.17) is 10.5 Å². The summed E-state index contributed by atoms with van der Waals surface area (Å²) in [5, 5.41) is 5.99. The number of nitrogen functional groups attached to an aromatic ring is 1. The van der Waals surface area contributed by atoms with Crippen molar-refractivity contribution < 1.29 is 14.3 Å². The summed E-state index contributed by atoms with van der Waals surface area (Å²) in [5.41, 5.74) is 9.54. The number of halogens is 1. The van der Waals surface area contributed by atoms with Crippen molar-refractivity contribution in [3.63, 3.8) is 0 Å². The van der Waals surface area contributed by atoms with Gasteiger partial charge < -0.3 is 21.1 Å². The fraction of sp³-hybridized carbons (Fsp3) is 0.391. The molecule has 30 heavy (non-hydrogen) atoms. The quantitative estimate of drug-likeness (QED) is 0.437. The SMILES string of the molecule is CCOc1ccccc1C(=O)NCCCC(=O)NC1CCCc2cc(N)ccc21.Cl. The summed E-state index contributed by atoms with van der Waals surface area (Å²) < 4.78 is 5.49. The van der Waals surface area contributed by atoms with Crippen LogP contribution in [0.1, 0.15) is 60.1 Å². The molecule has 1 aliphatic rings. The second-order valence-electron chi connectivity index (χ2n) is 7.26. The predicted molar refractivity (Wildman–Crippen MR) is 121 cm³/mol. The average Bonchev–Trinajstić information content (AvgIpc) is 2.71. The van der Waals surface area contributed by atoms with Crippen LogP contribution in [0.4, 0.5) is 5.69 Å². The van der Waals surface area contributed by atoms with Crippen LogP contribution < -0.4 is 21.1 Å². The number of ether oxygens (including phenoxy) is 1. The normalized spacial score (nSPS) is 14.8. The van der Waals surface area contributed by atoms with E-state index in [2.05, 4.69) is 10.6 Å². The lowest BCUT2D eigenvalue weighted by Gasteiger charge is -2.26. The van der Waals surface area contributed by atoms with Crippen molar-refractivity contribution in [2.24, 2.45) is 0 Å². The monoisotopic (exact) mass is 431 g/mol. The molecule has 0 radical (unpaired) electrons. The van der Waals surface area contributed by atoms with Crippen LogP contribution in [-0.2, 0) is 11.2 Å². The van der Waals surface area contributed by atoms with E-state index in [1.165, 1.54) is 11.1 Å². The Bertz CT molecular complexity index is 873. The Morgan fingerprint density at radius 1 is 1.20 bits per heavy atom. The third kappa shape index (κ3) is 6.13. The number of rotatable bonds is 8. The predicted octanol–water partition coefficient (Wildman–Crippen LogP) is 3.79. The summed E-state index contributed by atoms with van der Waals surface area (Å²) >= 11 is 0. The number of anilines is 1. The average molecular weight is 432 g/mol. The Morgan fingerprint density at radius 2 is 2.00 bits per heavy atom. The molecular weight excluding hydrogens is 402 g/mol. The number of benzene rings is 2. The van der Waals surface area contributed by atoms with Gasteiger partial charge in [-0.1, -0.05) is 18.2 Å². The summed E-state index contributed by atoms with van der Waals surface area (Å²) in [7, 11) is 0. The van der Waals surface area contributed by atoms with E-state index in [0.717, 1.165) is 24.9 Å². The molecule has 0 aromatic heterocycles. The van der Waals surface area contributed by atoms with Crippen LogP contribution in [0.2, 0.25) is 0 Å². The highest BCUT2D eigenvalue weighted by atomic mass is 35.5. The van der Waals surface area contributed by atoms with Gasteiger partial charge in [0.05, 0.1) is 18.2 Å². The first kappa shape index (κ1) is 23.5. The first-order chi connectivity index (χ1) is 14.1. The van der Waals surface area contributed by atoms with Crippen molar-refractivity contribution in [1.82, 2.24) is 10.6 Å². The Morgan fingerprint density at radius 3 is 2.80 bits per heavy atom. The number of nitrogens with one attached hydrogen (secondary N) is 2. The highest BCUT2D eigenvalue weighted by Crippen LogP contribution is 2.31. The topological polar surface area (TPSA) is 93.4 Å². The third-order valence-electron chi connectivity index (χ3n) is 5.11. The van der Waals surface area contributed by atoms with Crippen molar-refractivity contribution in [1.29, 1.82) is 0 Å². The molecule has 2 aromatic carbocycles. The lowest BCUT2D eigenvalue weighted by Crippen LogP contribution is -2.32. The van der Waals surface area contributed by atoms with Crippen molar-refractivity contribution >= 4 is 29.9 Å². The number of nitrogens with two attached hydrogens (primary N) is 1. The minimum atomic E-state index is -0.187. The first-order valence-corrected chi connectivity index (χ1v) is 10.3. The van der Waals surface area contributed by atoms with Gasteiger partial charge in [-0.25, -0.2) is 0 Å². The molecule has 6 nitrogen and oxygen atoms in total. The molecule has 1 unspecified atom stereocenters. The zero-order valence-corrected chi connectivity index (χ0v) is 18.1. The first-order valence-electron chi connectivity index (χ1n) is 10.3. The maximum absolute atomic E-state index is 12.4. The van der Waals surface area contributed by atoms with Gasteiger partial charge in [0, 0.05) is 18.7 Å².